The quantitative estimate of drug-likeness (QED) is 0.861. The number of rotatable bonds is 6. The zero-order valence-electron chi connectivity index (χ0n) is 13.6. The average molecular weight is 344 g/mol. The Morgan fingerprint density at radius 3 is 2.83 bits per heavy atom. The Kier molecular flexibility index (Phi) is 5.48. The second-order valence-electron chi connectivity index (χ2n) is 5.49. The van der Waals surface area contributed by atoms with Crippen molar-refractivity contribution in [3.8, 4) is 11.3 Å². The number of aryl methyl sites for hydroxylation is 1. The number of nitrogens with zero attached hydrogens (tertiary/aromatic N) is 1. The van der Waals surface area contributed by atoms with Crippen LogP contribution in [0, 0.1) is 0 Å². The van der Waals surface area contributed by atoms with Gasteiger partial charge in [0.25, 0.3) is 5.91 Å². The van der Waals surface area contributed by atoms with Gasteiger partial charge in [-0.05, 0) is 18.4 Å². The van der Waals surface area contributed by atoms with Gasteiger partial charge < -0.3 is 9.47 Å². The molecule has 0 atom stereocenters. The van der Waals surface area contributed by atoms with E-state index >= 15 is 0 Å². The molecule has 0 fully saturated rings. The SMILES string of the molecule is CCCCc1ccc(-c2csc(NC(=O)C3=COCCO3)n2)cc1. The molecule has 6 heteroatoms. The fraction of sp³-hybridized carbons (Fsp3) is 0.333. The van der Waals surface area contributed by atoms with Gasteiger partial charge >= 0.3 is 0 Å². The summed E-state index contributed by atoms with van der Waals surface area (Å²) in [6.07, 6.45) is 4.84. The van der Waals surface area contributed by atoms with Crippen LogP contribution in [-0.2, 0) is 20.7 Å². The lowest BCUT2D eigenvalue weighted by Gasteiger charge is -2.14. The second kappa shape index (κ2) is 7.97. The monoisotopic (exact) mass is 344 g/mol. The highest BCUT2D eigenvalue weighted by atomic mass is 32.1. The number of hydrogen-bond acceptors (Lipinski definition) is 5. The van der Waals surface area contributed by atoms with Crippen LogP contribution in [0.1, 0.15) is 25.3 Å². The Labute approximate surface area is 145 Å². The van der Waals surface area contributed by atoms with Crippen molar-refractivity contribution in [3.05, 3.63) is 47.2 Å². The molecule has 0 saturated heterocycles. The summed E-state index contributed by atoms with van der Waals surface area (Å²) in [5.74, 6) is -0.163. The highest BCUT2D eigenvalue weighted by Gasteiger charge is 2.16. The Hall–Kier alpha value is -2.34. The first kappa shape index (κ1) is 16.5. The molecule has 0 aliphatic carbocycles. The summed E-state index contributed by atoms with van der Waals surface area (Å²) in [5.41, 5.74) is 3.24. The van der Waals surface area contributed by atoms with E-state index in [1.54, 1.807) is 0 Å². The maximum absolute atomic E-state index is 12.0. The summed E-state index contributed by atoms with van der Waals surface area (Å²) in [5, 5.41) is 5.21. The fourth-order valence-electron chi connectivity index (χ4n) is 2.33. The van der Waals surface area contributed by atoms with Crippen molar-refractivity contribution < 1.29 is 14.3 Å². The number of aromatic nitrogens is 1. The summed E-state index contributed by atoms with van der Waals surface area (Å²) in [7, 11) is 0. The van der Waals surface area contributed by atoms with E-state index in [1.165, 1.54) is 36.0 Å². The van der Waals surface area contributed by atoms with Crippen LogP contribution in [0.15, 0.2) is 41.7 Å². The van der Waals surface area contributed by atoms with Crippen molar-refractivity contribution in [3.63, 3.8) is 0 Å². The van der Waals surface area contributed by atoms with E-state index in [4.69, 9.17) is 9.47 Å². The molecule has 0 bridgehead atoms. The molecule has 2 heterocycles. The van der Waals surface area contributed by atoms with E-state index in [2.05, 4.69) is 41.5 Å². The smallest absolute Gasteiger partial charge is 0.295 e. The molecule has 1 aromatic heterocycles. The van der Waals surface area contributed by atoms with Gasteiger partial charge in [-0.1, -0.05) is 37.6 Å². The van der Waals surface area contributed by atoms with Crippen molar-refractivity contribution >= 4 is 22.4 Å². The minimum atomic E-state index is -0.342. The third kappa shape index (κ3) is 4.14. The summed E-state index contributed by atoms with van der Waals surface area (Å²) in [6, 6.07) is 8.43. The maximum Gasteiger partial charge on any atom is 0.295 e. The van der Waals surface area contributed by atoms with Crippen LogP contribution in [0.25, 0.3) is 11.3 Å². The van der Waals surface area contributed by atoms with Crippen molar-refractivity contribution in [1.82, 2.24) is 4.98 Å². The van der Waals surface area contributed by atoms with Crippen LogP contribution in [0.2, 0.25) is 0 Å². The molecule has 0 unspecified atom stereocenters. The summed E-state index contributed by atoms with van der Waals surface area (Å²) in [6.45, 7) is 3.04. The molecule has 2 aromatic rings. The summed E-state index contributed by atoms with van der Waals surface area (Å²) in [4.78, 5) is 16.5. The largest absolute Gasteiger partial charge is 0.494 e. The van der Waals surface area contributed by atoms with Gasteiger partial charge in [-0.3, -0.25) is 10.1 Å². The lowest BCUT2D eigenvalue weighted by Crippen LogP contribution is -2.21. The maximum atomic E-state index is 12.0. The normalized spacial score (nSPS) is 13.6. The lowest BCUT2D eigenvalue weighted by atomic mass is 10.1. The molecule has 1 aromatic carbocycles. The lowest BCUT2D eigenvalue weighted by molar-refractivity contribution is -0.117. The first-order valence-corrected chi connectivity index (χ1v) is 8.95. The topological polar surface area (TPSA) is 60.5 Å². The van der Waals surface area contributed by atoms with Gasteiger partial charge in [0.05, 0.1) is 5.69 Å². The third-order valence-corrected chi connectivity index (χ3v) is 4.42. The van der Waals surface area contributed by atoms with Gasteiger partial charge in [-0.15, -0.1) is 11.3 Å². The van der Waals surface area contributed by atoms with Gasteiger partial charge in [0.15, 0.2) is 5.13 Å². The molecule has 0 spiro atoms. The van der Waals surface area contributed by atoms with E-state index in [-0.39, 0.29) is 11.7 Å². The number of thiazole rings is 1. The number of carbonyl (C=O) groups is 1. The minimum absolute atomic E-state index is 0.179. The van der Waals surface area contributed by atoms with E-state index in [1.807, 2.05) is 5.38 Å². The van der Waals surface area contributed by atoms with Crippen LogP contribution in [-0.4, -0.2) is 24.1 Å². The van der Waals surface area contributed by atoms with Gasteiger partial charge in [0.1, 0.15) is 19.5 Å². The number of hydrogen-bond donors (Lipinski definition) is 1. The molecular formula is C18H20N2O3S. The number of unbranched alkanes of at least 4 members (excludes halogenated alkanes) is 1. The van der Waals surface area contributed by atoms with E-state index in [0.29, 0.717) is 18.3 Å². The molecule has 24 heavy (non-hydrogen) atoms. The molecule has 0 radical (unpaired) electrons. The van der Waals surface area contributed by atoms with Crippen LogP contribution in [0.3, 0.4) is 0 Å². The Balaban J connectivity index is 1.64. The first-order chi connectivity index (χ1) is 11.8. The van der Waals surface area contributed by atoms with Crippen LogP contribution in [0.4, 0.5) is 5.13 Å². The fourth-order valence-corrected chi connectivity index (χ4v) is 3.05. The summed E-state index contributed by atoms with van der Waals surface area (Å²) >= 11 is 1.39. The highest BCUT2D eigenvalue weighted by molar-refractivity contribution is 7.14. The first-order valence-electron chi connectivity index (χ1n) is 8.07. The molecule has 1 amide bonds. The van der Waals surface area contributed by atoms with E-state index < -0.39 is 0 Å². The average Bonchev–Trinajstić information content (AvgIpc) is 3.09. The highest BCUT2D eigenvalue weighted by Crippen LogP contribution is 2.26. The van der Waals surface area contributed by atoms with Gasteiger partial charge in [0.2, 0.25) is 5.76 Å². The van der Waals surface area contributed by atoms with Crippen LogP contribution < -0.4 is 5.32 Å². The summed E-state index contributed by atoms with van der Waals surface area (Å²) < 4.78 is 10.3. The second-order valence-corrected chi connectivity index (χ2v) is 6.35. The Bertz CT molecular complexity index is 722. The predicted molar refractivity (Wildman–Crippen MR) is 94.8 cm³/mol. The molecule has 3 rings (SSSR count). The van der Waals surface area contributed by atoms with Gasteiger partial charge in [0, 0.05) is 10.9 Å². The van der Waals surface area contributed by atoms with Crippen LogP contribution >= 0.6 is 11.3 Å². The van der Waals surface area contributed by atoms with Gasteiger partial charge in [-0.25, -0.2) is 4.98 Å². The molecule has 126 valence electrons. The third-order valence-electron chi connectivity index (χ3n) is 3.67. The van der Waals surface area contributed by atoms with E-state index in [0.717, 1.165) is 17.7 Å². The number of nitrogens with one attached hydrogen (secondary N) is 1. The molecule has 1 aliphatic rings. The molecule has 0 saturated carbocycles. The molecular weight excluding hydrogens is 324 g/mol. The zero-order valence-corrected chi connectivity index (χ0v) is 14.4. The van der Waals surface area contributed by atoms with Crippen molar-refractivity contribution in [2.75, 3.05) is 18.5 Å². The molecule has 1 N–H and O–H groups in total. The molecule has 1 aliphatic heterocycles. The molecule has 5 nitrogen and oxygen atoms in total. The van der Waals surface area contributed by atoms with Gasteiger partial charge in [-0.2, -0.15) is 0 Å². The minimum Gasteiger partial charge on any atom is -0.494 e. The zero-order chi connectivity index (χ0) is 16.8. The predicted octanol–water partition coefficient (Wildman–Crippen LogP) is 3.98. The van der Waals surface area contributed by atoms with Crippen molar-refractivity contribution in [2.45, 2.75) is 26.2 Å². The Morgan fingerprint density at radius 1 is 1.29 bits per heavy atom. The van der Waals surface area contributed by atoms with Crippen LogP contribution in [0.5, 0.6) is 0 Å². The number of amides is 1. The number of ether oxygens (including phenoxy) is 2. The standard InChI is InChI=1S/C18H20N2O3S/c1-2-3-4-13-5-7-14(8-6-13)15-12-24-18(19-15)20-17(21)16-11-22-9-10-23-16/h5-8,11-12H,2-4,9-10H2,1H3,(H,19,20,21). The number of benzene rings is 1. The van der Waals surface area contributed by atoms with E-state index in [9.17, 15) is 4.79 Å². The van der Waals surface area contributed by atoms with Crippen molar-refractivity contribution in [1.29, 1.82) is 0 Å². The van der Waals surface area contributed by atoms with Crippen molar-refractivity contribution in [2.24, 2.45) is 0 Å². The number of carbonyl (C=O) groups excluding carboxylic acids is 1. The Morgan fingerprint density at radius 2 is 2.12 bits per heavy atom. The number of anilines is 1.